The highest BCUT2D eigenvalue weighted by Crippen LogP contribution is 2.32. The summed E-state index contributed by atoms with van der Waals surface area (Å²) >= 11 is 0. The summed E-state index contributed by atoms with van der Waals surface area (Å²) < 4.78 is 5.96. The minimum absolute atomic E-state index is 0.547. The number of H-pyrrole nitrogens is 1. The SMILES string of the molecule is NCCCCNc1ncc(-c2cn[nH]c2)cc1-c1nc2ccccc2o1. The maximum absolute atomic E-state index is 5.96. The van der Waals surface area contributed by atoms with Gasteiger partial charge in [0.25, 0.3) is 0 Å². The van der Waals surface area contributed by atoms with E-state index in [1.807, 2.05) is 42.7 Å². The van der Waals surface area contributed by atoms with Gasteiger partial charge in [0.2, 0.25) is 5.89 Å². The summed E-state index contributed by atoms with van der Waals surface area (Å²) in [4.78, 5) is 9.22. The molecular formula is C19H20N6O. The van der Waals surface area contributed by atoms with Crippen molar-refractivity contribution in [3.63, 3.8) is 0 Å². The van der Waals surface area contributed by atoms with Crippen LogP contribution in [0.2, 0.25) is 0 Å². The van der Waals surface area contributed by atoms with Crippen LogP contribution in [0.1, 0.15) is 12.8 Å². The predicted octanol–water partition coefficient (Wildman–Crippen LogP) is 3.43. The molecule has 0 aliphatic carbocycles. The molecule has 0 fully saturated rings. The largest absolute Gasteiger partial charge is 0.436 e. The van der Waals surface area contributed by atoms with Gasteiger partial charge in [-0.05, 0) is 37.6 Å². The molecule has 0 amide bonds. The van der Waals surface area contributed by atoms with E-state index >= 15 is 0 Å². The van der Waals surface area contributed by atoms with E-state index in [9.17, 15) is 0 Å². The first-order valence-corrected chi connectivity index (χ1v) is 8.64. The Bertz CT molecular complexity index is 959. The highest BCUT2D eigenvalue weighted by molar-refractivity contribution is 5.81. The lowest BCUT2D eigenvalue weighted by Gasteiger charge is -2.10. The van der Waals surface area contributed by atoms with Crippen LogP contribution in [0.4, 0.5) is 5.82 Å². The summed E-state index contributed by atoms with van der Waals surface area (Å²) in [6, 6.07) is 9.75. The second-order valence-corrected chi connectivity index (χ2v) is 6.02. The summed E-state index contributed by atoms with van der Waals surface area (Å²) in [5.41, 5.74) is 9.88. The molecule has 4 rings (SSSR count). The molecule has 4 aromatic rings. The van der Waals surface area contributed by atoms with Crippen LogP contribution in [0.25, 0.3) is 33.7 Å². The number of hydrogen-bond acceptors (Lipinski definition) is 6. The lowest BCUT2D eigenvalue weighted by Crippen LogP contribution is -2.07. The van der Waals surface area contributed by atoms with E-state index in [4.69, 9.17) is 10.2 Å². The average molecular weight is 348 g/mol. The van der Waals surface area contributed by atoms with Gasteiger partial charge in [-0.15, -0.1) is 0 Å². The van der Waals surface area contributed by atoms with Gasteiger partial charge in [-0.1, -0.05) is 12.1 Å². The molecule has 26 heavy (non-hydrogen) atoms. The molecule has 0 radical (unpaired) electrons. The monoisotopic (exact) mass is 348 g/mol. The van der Waals surface area contributed by atoms with Crippen LogP contribution in [0, 0.1) is 0 Å². The summed E-state index contributed by atoms with van der Waals surface area (Å²) in [6.07, 6.45) is 7.37. The van der Waals surface area contributed by atoms with Crippen LogP contribution < -0.4 is 11.1 Å². The lowest BCUT2D eigenvalue weighted by molar-refractivity contribution is 0.619. The molecule has 1 aromatic carbocycles. The molecule has 3 aromatic heterocycles. The number of hydrogen-bond donors (Lipinski definition) is 3. The smallest absolute Gasteiger partial charge is 0.231 e. The molecule has 0 saturated carbocycles. The number of aromatic amines is 1. The number of pyridine rings is 1. The second-order valence-electron chi connectivity index (χ2n) is 6.02. The Hall–Kier alpha value is -3.19. The molecule has 132 valence electrons. The van der Waals surface area contributed by atoms with Crippen LogP contribution in [0.15, 0.2) is 53.3 Å². The zero-order valence-electron chi connectivity index (χ0n) is 14.3. The van der Waals surface area contributed by atoms with Crippen molar-refractivity contribution in [1.82, 2.24) is 20.2 Å². The molecule has 0 aliphatic heterocycles. The standard InChI is InChI=1S/C19H20N6O/c20-7-3-4-8-21-18-15(9-13(10-22-18)14-11-23-24-12-14)19-25-16-5-1-2-6-17(16)26-19/h1-2,5-6,9-12H,3-4,7-8,20H2,(H,21,22)(H,23,24). The molecule has 0 spiro atoms. The van der Waals surface area contributed by atoms with Crippen molar-refractivity contribution < 1.29 is 4.42 Å². The molecule has 0 unspecified atom stereocenters. The fourth-order valence-corrected chi connectivity index (χ4v) is 2.80. The number of aromatic nitrogens is 4. The van der Waals surface area contributed by atoms with E-state index in [2.05, 4.69) is 25.5 Å². The van der Waals surface area contributed by atoms with Crippen LogP contribution in [-0.2, 0) is 0 Å². The minimum Gasteiger partial charge on any atom is -0.436 e. The van der Waals surface area contributed by atoms with Crippen LogP contribution in [0.3, 0.4) is 0 Å². The third-order valence-electron chi connectivity index (χ3n) is 4.17. The first-order chi connectivity index (χ1) is 12.8. The maximum atomic E-state index is 5.96. The van der Waals surface area contributed by atoms with Crippen molar-refractivity contribution in [2.24, 2.45) is 5.73 Å². The van der Waals surface area contributed by atoms with Crippen molar-refractivity contribution in [3.05, 3.63) is 48.9 Å². The van der Waals surface area contributed by atoms with E-state index in [1.165, 1.54) is 0 Å². The number of nitrogens with one attached hydrogen (secondary N) is 2. The molecular weight excluding hydrogens is 328 g/mol. The Morgan fingerprint density at radius 2 is 2.04 bits per heavy atom. The van der Waals surface area contributed by atoms with Gasteiger partial charge in [-0.3, -0.25) is 5.10 Å². The van der Waals surface area contributed by atoms with Crippen molar-refractivity contribution in [2.75, 3.05) is 18.4 Å². The maximum Gasteiger partial charge on any atom is 0.231 e. The third-order valence-corrected chi connectivity index (χ3v) is 4.17. The zero-order chi connectivity index (χ0) is 17.8. The topological polar surface area (TPSA) is 106 Å². The molecule has 0 atom stereocenters. The molecule has 0 aliphatic rings. The molecule has 3 heterocycles. The first-order valence-electron chi connectivity index (χ1n) is 8.64. The second kappa shape index (κ2) is 7.37. The summed E-state index contributed by atoms with van der Waals surface area (Å²) in [6.45, 7) is 1.48. The number of nitrogens with two attached hydrogens (primary N) is 1. The van der Waals surface area contributed by atoms with Gasteiger partial charge in [-0.25, -0.2) is 9.97 Å². The fraction of sp³-hybridized carbons (Fsp3) is 0.211. The van der Waals surface area contributed by atoms with Crippen LogP contribution in [-0.4, -0.2) is 33.3 Å². The molecule has 7 nitrogen and oxygen atoms in total. The number of fused-ring (bicyclic) bond motifs is 1. The van der Waals surface area contributed by atoms with Gasteiger partial charge < -0.3 is 15.5 Å². The van der Waals surface area contributed by atoms with Crippen molar-refractivity contribution in [3.8, 4) is 22.6 Å². The fourth-order valence-electron chi connectivity index (χ4n) is 2.80. The third kappa shape index (κ3) is 3.29. The van der Waals surface area contributed by atoms with Gasteiger partial charge in [0.05, 0.1) is 11.8 Å². The predicted molar refractivity (Wildman–Crippen MR) is 102 cm³/mol. The van der Waals surface area contributed by atoms with Crippen LogP contribution >= 0.6 is 0 Å². The molecule has 4 N–H and O–H groups in total. The summed E-state index contributed by atoms with van der Waals surface area (Å²) in [5, 5.41) is 10.2. The van der Waals surface area contributed by atoms with E-state index in [0.29, 0.717) is 12.4 Å². The van der Waals surface area contributed by atoms with Gasteiger partial charge in [0.1, 0.15) is 11.3 Å². The van der Waals surface area contributed by atoms with E-state index in [1.54, 1.807) is 6.20 Å². The highest BCUT2D eigenvalue weighted by Gasteiger charge is 2.15. The van der Waals surface area contributed by atoms with Crippen molar-refractivity contribution >= 4 is 16.9 Å². The lowest BCUT2D eigenvalue weighted by atomic mass is 10.1. The number of nitrogens with zero attached hydrogens (tertiary/aromatic N) is 3. The summed E-state index contributed by atoms with van der Waals surface area (Å²) in [7, 11) is 0. The molecule has 0 bridgehead atoms. The van der Waals surface area contributed by atoms with Gasteiger partial charge in [-0.2, -0.15) is 5.10 Å². The Labute approximate surface area is 150 Å². The van der Waals surface area contributed by atoms with E-state index in [0.717, 1.165) is 53.0 Å². The van der Waals surface area contributed by atoms with E-state index < -0.39 is 0 Å². The van der Waals surface area contributed by atoms with Crippen LogP contribution in [0.5, 0.6) is 0 Å². The Kier molecular flexibility index (Phi) is 4.61. The number of anilines is 1. The van der Waals surface area contributed by atoms with E-state index in [-0.39, 0.29) is 0 Å². The quantitative estimate of drug-likeness (QED) is 0.442. The number of para-hydroxylation sites is 2. The van der Waals surface area contributed by atoms with Gasteiger partial charge in [0.15, 0.2) is 5.58 Å². The molecule has 7 heteroatoms. The van der Waals surface area contributed by atoms with Gasteiger partial charge in [0, 0.05) is 30.1 Å². The Morgan fingerprint density at radius 1 is 1.12 bits per heavy atom. The number of oxazole rings is 1. The number of unbranched alkanes of at least 4 members (excludes halogenated alkanes) is 1. The Balaban J connectivity index is 1.73. The highest BCUT2D eigenvalue weighted by atomic mass is 16.3. The normalized spacial score (nSPS) is 11.1. The molecule has 0 saturated heterocycles. The first kappa shape index (κ1) is 16.3. The van der Waals surface area contributed by atoms with Gasteiger partial charge >= 0.3 is 0 Å². The number of benzene rings is 1. The van der Waals surface area contributed by atoms with Crippen molar-refractivity contribution in [2.45, 2.75) is 12.8 Å². The minimum atomic E-state index is 0.547. The Morgan fingerprint density at radius 3 is 2.85 bits per heavy atom. The average Bonchev–Trinajstić information content (AvgIpc) is 3.35. The number of rotatable bonds is 7. The summed E-state index contributed by atoms with van der Waals surface area (Å²) in [5.74, 6) is 1.30. The zero-order valence-corrected chi connectivity index (χ0v) is 14.3. The van der Waals surface area contributed by atoms with Crippen molar-refractivity contribution in [1.29, 1.82) is 0 Å².